The molecule has 4 heteroatoms. The Morgan fingerprint density at radius 3 is 2.69 bits per heavy atom. The molecule has 3 nitrogen and oxygen atoms in total. The van der Waals surface area contributed by atoms with Crippen molar-refractivity contribution in [3.05, 3.63) is 40.1 Å². The minimum Gasteiger partial charge on any atom is -0.325 e. The normalized spacial score (nSPS) is 10.5. The van der Waals surface area contributed by atoms with Gasteiger partial charge in [0.2, 0.25) is 5.95 Å². The lowest BCUT2D eigenvalue weighted by Gasteiger charge is -2.09. The number of hydrogen-bond donors (Lipinski definition) is 1. The molecule has 1 heterocycles. The Kier molecular flexibility index (Phi) is 3.01. The Bertz CT molecular complexity index is 517. The lowest BCUT2D eigenvalue weighted by molar-refractivity contribution is 0.923. The fourth-order valence-electron chi connectivity index (χ4n) is 1.58. The maximum atomic E-state index is 4.41. The van der Waals surface area contributed by atoms with E-state index < -0.39 is 0 Å². The van der Waals surface area contributed by atoms with Gasteiger partial charge >= 0.3 is 0 Å². The van der Waals surface area contributed by atoms with Crippen molar-refractivity contribution in [2.75, 3.05) is 5.32 Å². The molecule has 1 aromatic heterocycles. The zero-order chi connectivity index (χ0) is 11.7. The van der Waals surface area contributed by atoms with Crippen LogP contribution in [0.5, 0.6) is 0 Å². The van der Waals surface area contributed by atoms with Gasteiger partial charge in [0.1, 0.15) is 0 Å². The van der Waals surface area contributed by atoms with Crippen LogP contribution >= 0.6 is 15.9 Å². The molecule has 0 aliphatic heterocycles. The number of rotatable bonds is 2. The first-order valence-electron chi connectivity index (χ1n) is 5.09. The second-order valence-electron chi connectivity index (χ2n) is 3.90. The second kappa shape index (κ2) is 4.29. The van der Waals surface area contributed by atoms with Crippen molar-refractivity contribution < 1.29 is 0 Å². The quantitative estimate of drug-likeness (QED) is 0.911. The second-order valence-corrected chi connectivity index (χ2v) is 4.82. The molecule has 0 amide bonds. The minimum absolute atomic E-state index is 0.860. The number of hydrogen-bond acceptors (Lipinski definition) is 2. The number of nitrogens with one attached hydrogen (secondary N) is 1. The van der Waals surface area contributed by atoms with E-state index in [0.29, 0.717) is 0 Å². The lowest BCUT2D eigenvalue weighted by Crippen LogP contribution is -1.99. The number of anilines is 2. The molecule has 0 aliphatic carbocycles. The predicted molar refractivity (Wildman–Crippen MR) is 70.1 cm³/mol. The smallest absolute Gasteiger partial charge is 0.207 e. The maximum Gasteiger partial charge on any atom is 0.207 e. The Morgan fingerprint density at radius 2 is 2.06 bits per heavy atom. The number of benzene rings is 1. The Hall–Kier alpha value is -1.29. The van der Waals surface area contributed by atoms with Crippen molar-refractivity contribution in [2.24, 2.45) is 7.05 Å². The molecule has 0 atom stereocenters. The van der Waals surface area contributed by atoms with Crippen molar-refractivity contribution in [2.45, 2.75) is 13.8 Å². The van der Waals surface area contributed by atoms with E-state index >= 15 is 0 Å². The molecular weight excluding hydrogens is 266 g/mol. The van der Waals surface area contributed by atoms with Crippen LogP contribution in [0.4, 0.5) is 11.6 Å². The highest BCUT2D eigenvalue weighted by Gasteiger charge is 2.04. The van der Waals surface area contributed by atoms with E-state index in [1.54, 1.807) is 0 Å². The maximum absolute atomic E-state index is 4.41. The number of aromatic nitrogens is 2. The molecule has 1 aromatic carbocycles. The van der Waals surface area contributed by atoms with E-state index in [1.165, 1.54) is 5.56 Å². The largest absolute Gasteiger partial charge is 0.325 e. The summed E-state index contributed by atoms with van der Waals surface area (Å²) < 4.78 is 3.04. The predicted octanol–water partition coefficient (Wildman–Crippen LogP) is 3.54. The molecule has 0 saturated heterocycles. The molecule has 0 saturated carbocycles. The highest BCUT2D eigenvalue weighted by Crippen LogP contribution is 2.23. The average Bonchev–Trinajstić information content (AvgIpc) is 2.51. The Morgan fingerprint density at radius 1 is 1.31 bits per heavy atom. The van der Waals surface area contributed by atoms with E-state index in [1.807, 2.05) is 30.8 Å². The van der Waals surface area contributed by atoms with Crippen molar-refractivity contribution in [3.8, 4) is 0 Å². The SMILES string of the molecule is Cc1cn(C)c(Nc2cc(Br)ccc2C)n1. The molecule has 0 aliphatic rings. The minimum atomic E-state index is 0.860. The summed E-state index contributed by atoms with van der Waals surface area (Å²) in [5, 5.41) is 3.32. The van der Waals surface area contributed by atoms with Crippen LogP contribution in [-0.4, -0.2) is 9.55 Å². The van der Waals surface area contributed by atoms with Crippen LogP contribution in [0.25, 0.3) is 0 Å². The fourth-order valence-corrected chi connectivity index (χ4v) is 1.94. The van der Waals surface area contributed by atoms with Crippen molar-refractivity contribution in [3.63, 3.8) is 0 Å². The molecule has 0 bridgehead atoms. The van der Waals surface area contributed by atoms with Crippen LogP contribution < -0.4 is 5.32 Å². The van der Waals surface area contributed by atoms with Gasteiger partial charge in [0.25, 0.3) is 0 Å². The highest BCUT2D eigenvalue weighted by atomic mass is 79.9. The molecule has 1 N–H and O–H groups in total. The first-order chi connectivity index (χ1) is 7.56. The summed E-state index contributed by atoms with van der Waals surface area (Å²) in [6, 6.07) is 6.16. The van der Waals surface area contributed by atoms with Crippen molar-refractivity contribution >= 4 is 27.6 Å². The van der Waals surface area contributed by atoms with Crippen LogP contribution in [0.2, 0.25) is 0 Å². The molecule has 0 fully saturated rings. The van der Waals surface area contributed by atoms with Gasteiger partial charge in [-0.1, -0.05) is 22.0 Å². The zero-order valence-corrected chi connectivity index (χ0v) is 11.2. The van der Waals surface area contributed by atoms with E-state index in [9.17, 15) is 0 Å². The molecule has 0 radical (unpaired) electrons. The molecule has 0 unspecified atom stereocenters. The third kappa shape index (κ3) is 2.27. The monoisotopic (exact) mass is 279 g/mol. The van der Waals surface area contributed by atoms with E-state index in [-0.39, 0.29) is 0 Å². The lowest BCUT2D eigenvalue weighted by atomic mass is 10.2. The molecule has 16 heavy (non-hydrogen) atoms. The van der Waals surface area contributed by atoms with Crippen LogP contribution in [-0.2, 0) is 7.05 Å². The summed E-state index contributed by atoms with van der Waals surface area (Å²) >= 11 is 3.47. The van der Waals surface area contributed by atoms with Gasteiger partial charge in [-0.3, -0.25) is 0 Å². The molecule has 2 aromatic rings. The van der Waals surface area contributed by atoms with Crippen LogP contribution in [0.1, 0.15) is 11.3 Å². The van der Waals surface area contributed by atoms with Crippen LogP contribution in [0, 0.1) is 13.8 Å². The Balaban J connectivity index is 2.33. The molecule has 0 spiro atoms. The third-order valence-electron chi connectivity index (χ3n) is 2.44. The van der Waals surface area contributed by atoms with Gasteiger partial charge in [0.05, 0.1) is 5.69 Å². The molecule has 84 valence electrons. The summed E-state index contributed by atoms with van der Waals surface area (Å²) in [6.07, 6.45) is 2.00. The van der Waals surface area contributed by atoms with Gasteiger partial charge in [-0.2, -0.15) is 0 Å². The number of halogens is 1. The van der Waals surface area contributed by atoms with Gasteiger partial charge in [0, 0.05) is 23.4 Å². The topological polar surface area (TPSA) is 29.9 Å². The molecule has 2 rings (SSSR count). The molecular formula is C12H14BrN3. The van der Waals surface area contributed by atoms with E-state index in [0.717, 1.165) is 21.8 Å². The third-order valence-corrected chi connectivity index (χ3v) is 2.94. The van der Waals surface area contributed by atoms with Crippen molar-refractivity contribution in [1.29, 1.82) is 0 Å². The van der Waals surface area contributed by atoms with Crippen LogP contribution in [0.15, 0.2) is 28.9 Å². The first-order valence-corrected chi connectivity index (χ1v) is 5.88. The number of aryl methyl sites for hydroxylation is 3. The summed E-state index contributed by atoms with van der Waals surface area (Å²) in [5.74, 6) is 0.860. The summed E-state index contributed by atoms with van der Waals surface area (Å²) in [4.78, 5) is 4.41. The zero-order valence-electron chi connectivity index (χ0n) is 9.58. The Labute approximate surface area is 104 Å². The summed E-state index contributed by atoms with van der Waals surface area (Å²) in [6.45, 7) is 4.06. The summed E-state index contributed by atoms with van der Waals surface area (Å²) in [7, 11) is 1.98. The first kappa shape index (κ1) is 11.2. The highest BCUT2D eigenvalue weighted by molar-refractivity contribution is 9.10. The average molecular weight is 280 g/mol. The van der Waals surface area contributed by atoms with Gasteiger partial charge in [0.15, 0.2) is 0 Å². The van der Waals surface area contributed by atoms with Crippen LogP contribution in [0.3, 0.4) is 0 Å². The number of nitrogens with zero attached hydrogens (tertiary/aromatic N) is 2. The van der Waals surface area contributed by atoms with Gasteiger partial charge < -0.3 is 9.88 Å². The fraction of sp³-hybridized carbons (Fsp3) is 0.250. The van der Waals surface area contributed by atoms with Gasteiger partial charge in [-0.25, -0.2) is 4.98 Å². The number of imidazole rings is 1. The van der Waals surface area contributed by atoms with E-state index in [4.69, 9.17) is 0 Å². The van der Waals surface area contributed by atoms with Gasteiger partial charge in [-0.15, -0.1) is 0 Å². The van der Waals surface area contributed by atoms with Gasteiger partial charge in [-0.05, 0) is 31.5 Å². The van der Waals surface area contributed by atoms with E-state index in [2.05, 4.69) is 45.3 Å². The van der Waals surface area contributed by atoms with Crippen molar-refractivity contribution in [1.82, 2.24) is 9.55 Å². The standard InChI is InChI=1S/C12H14BrN3/c1-8-4-5-10(13)6-11(8)15-12-14-9(2)7-16(12)3/h4-7H,1-3H3,(H,14,15). The summed E-state index contributed by atoms with van der Waals surface area (Å²) in [5.41, 5.74) is 3.28.